The summed E-state index contributed by atoms with van der Waals surface area (Å²) in [7, 11) is 2.19. The number of anilines is 2. The Bertz CT molecular complexity index is 1080. The quantitative estimate of drug-likeness (QED) is 0.572. The van der Waals surface area contributed by atoms with E-state index in [1.165, 1.54) is 5.69 Å². The Hall–Kier alpha value is -2.75. The number of benzene rings is 1. The van der Waals surface area contributed by atoms with Crippen molar-refractivity contribution >= 4 is 22.7 Å². The lowest BCUT2D eigenvalue weighted by Crippen LogP contribution is -2.44. The highest BCUT2D eigenvalue weighted by Gasteiger charge is 2.20. The predicted molar refractivity (Wildman–Crippen MR) is 137 cm³/mol. The van der Waals surface area contributed by atoms with E-state index in [9.17, 15) is 0 Å². The molecule has 9 heteroatoms. The number of rotatable bonds is 7. The highest BCUT2D eigenvalue weighted by Crippen LogP contribution is 2.31. The first-order valence-electron chi connectivity index (χ1n) is 12.4. The first-order chi connectivity index (χ1) is 16.6. The number of aromatic nitrogens is 4. The summed E-state index contributed by atoms with van der Waals surface area (Å²) >= 11 is 0. The minimum Gasteiger partial charge on any atom is -0.379 e. The van der Waals surface area contributed by atoms with Crippen LogP contribution in [0.5, 0.6) is 0 Å². The molecule has 0 atom stereocenters. The van der Waals surface area contributed by atoms with Gasteiger partial charge in [0.1, 0.15) is 12.2 Å². The Morgan fingerprint density at radius 2 is 1.71 bits per heavy atom. The van der Waals surface area contributed by atoms with Crippen LogP contribution >= 0.6 is 0 Å². The Morgan fingerprint density at radius 3 is 2.41 bits per heavy atom. The number of morpholine rings is 1. The lowest BCUT2D eigenvalue weighted by Gasteiger charge is -2.34. The fourth-order valence-corrected chi connectivity index (χ4v) is 4.77. The highest BCUT2D eigenvalue weighted by molar-refractivity contribution is 5.86. The second-order valence-corrected chi connectivity index (χ2v) is 9.51. The molecule has 1 N–H and O–H groups in total. The summed E-state index contributed by atoms with van der Waals surface area (Å²) in [5.41, 5.74) is 4.08. The maximum absolute atomic E-state index is 5.45. The zero-order chi connectivity index (χ0) is 23.5. The van der Waals surface area contributed by atoms with Gasteiger partial charge >= 0.3 is 0 Å². The van der Waals surface area contributed by atoms with Crippen molar-refractivity contribution < 1.29 is 4.74 Å². The number of piperazine rings is 1. The second-order valence-electron chi connectivity index (χ2n) is 9.51. The summed E-state index contributed by atoms with van der Waals surface area (Å²) in [5, 5.41) is 3.50. The van der Waals surface area contributed by atoms with Crippen LogP contribution in [0.2, 0.25) is 0 Å². The average Bonchev–Trinajstić information content (AvgIpc) is 3.26. The van der Waals surface area contributed by atoms with Crippen molar-refractivity contribution in [2.45, 2.75) is 19.9 Å². The van der Waals surface area contributed by atoms with Gasteiger partial charge in [0, 0.05) is 69.7 Å². The van der Waals surface area contributed by atoms with Crippen LogP contribution in [-0.2, 0) is 4.74 Å². The number of nitrogens with zero attached hydrogens (tertiary/aromatic N) is 7. The SMILES string of the molecule is CC(C)n1c(-c2ccc(N3CCN(C)CC3)cc2)nc2c(NCCN3CCOCC3)ncnc21. The number of fused-ring (bicyclic) bond motifs is 1. The van der Waals surface area contributed by atoms with Gasteiger partial charge in [0.25, 0.3) is 0 Å². The molecule has 2 fully saturated rings. The molecule has 0 unspecified atom stereocenters. The summed E-state index contributed by atoms with van der Waals surface area (Å²) in [6.45, 7) is 14.1. The Kier molecular flexibility index (Phi) is 6.94. The third-order valence-electron chi connectivity index (χ3n) is 6.81. The molecule has 2 aliphatic heterocycles. The third kappa shape index (κ3) is 4.87. The van der Waals surface area contributed by atoms with Gasteiger partial charge in [0.2, 0.25) is 0 Å². The molecular weight excluding hydrogens is 428 g/mol. The molecule has 3 aromatic rings. The molecule has 5 rings (SSSR count). The molecule has 2 saturated heterocycles. The summed E-state index contributed by atoms with van der Waals surface area (Å²) in [6.07, 6.45) is 1.64. The van der Waals surface area contributed by atoms with E-state index in [4.69, 9.17) is 9.72 Å². The Morgan fingerprint density at radius 1 is 0.971 bits per heavy atom. The van der Waals surface area contributed by atoms with E-state index in [1.807, 2.05) is 0 Å². The van der Waals surface area contributed by atoms with Crippen LogP contribution in [0, 0.1) is 0 Å². The van der Waals surface area contributed by atoms with E-state index in [0.29, 0.717) is 0 Å². The molecule has 182 valence electrons. The Balaban J connectivity index is 1.38. The van der Waals surface area contributed by atoms with Gasteiger partial charge in [-0.15, -0.1) is 0 Å². The van der Waals surface area contributed by atoms with Crippen LogP contribution in [0.4, 0.5) is 11.5 Å². The lowest BCUT2D eigenvalue weighted by atomic mass is 10.1. The molecule has 4 heterocycles. The van der Waals surface area contributed by atoms with Crippen molar-refractivity contribution in [2.75, 3.05) is 82.8 Å². The van der Waals surface area contributed by atoms with Crippen LogP contribution in [0.1, 0.15) is 19.9 Å². The first kappa shape index (κ1) is 23.0. The number of hydrogen-bond donors (Lipinski definition) is 1. The molecule has 0 saturated carbocycles. The second kappa shape index (κ2) is 10.2. The van der Waals surface area contributed by atoms with Crippen molar-refractivity contribution in [1.29, 1.82) is 0 Å². The minimum absolute atomic E-state index is 0.230. The standard InChI is InChI=1S/C25H36N8O/c1-19(2)33-24(20-4-6-21(7-5-20)32-12-10-30(3)11-13-32)29-22-23(27-18-28-25(22)33)26-8-9-31-14-16-34-17-15-31/h4-7,18-19H,8-17H2,1-3H3,(H,26,27,28). The smallest absolute Gasteiger partial charge is 0.166 e. The number of hydrogen-bond acceptors (Lipinski definition) is 8. The summed E-state index contributed by atoms with van der Waals surface area (Å²) in [6, 6.07) is 9.04. The van der Waals surface area contributed by atoms with E-state index in [0.717, 1.165) is 93.9 Å². The van der Waals surface area contributed by atoms with E-state index in [2.05, 4.69) is 79.7 Å². The number of imidazole rings is 1. The fourth-order valence-electron chi connectivity index (χ4n) is 4.77. The molecule has 0 spiro atoms. The molecule has 9 nitrogen and oxygen atoms in total. The van der Waals surface area contributed by atoms with Crippen LogP contribution in [0.25, 0.3) is 22.6 Å². The summed E-state index contributed by atoms with van der Waals surface area (Å²) in [5.74, 6) is 1.74. The van der Waals surface area contributed by atoms with Crippen molar-refractivity contribution in [2.24, 2.45) is 0 Å². The normalized spacial score (nSPS) is 18.2. The van der Waals surface area contributed by atoms with Crippen LogP contribution in [0.15, 0.2) is 30.6 Å². The third-order valence-corrected chi connectivity index (χ3v) is 6.81. The first-order valence-corrected chi connectivity index (χ1v) is 12.4. The van der Waals surface area contributed by atoms with E-state index < -0.39 is 0 Å². The molecule has 1 aromatic carbocycles. The van der Waals surface area contributed by atoms with Crippen molar-refractivity contribution in [3.8, 4) is 11.4 Å². The number of nitrogens with one attached hydrogen (secondary N) is 1. The van der Waals surface area contributed by atoms with Crippen LogP contribution in [-0.4, -0.2) is 102 Å². The van der Waals surface area contributed by atoms with Crippen LogP contribution in [0.3, 0.4) is 0 Å². The van der Waals surface area contributed by atoms with Gasteiger partial charge in [0.15, 0.2) is 17.0 Å². The van der Waals surface area contributed by atoms with Crippen molar-refractivity contribution in [3.63, 3.8) is 0 Å². The molecule has 0 radical (unpaired) electrons. The molecule has 0 amide bonds. The summed E-state index contributed by atoms with van der Waals surface area (Å²) < 4.78 is 7.67. The minimum atomic E-state index is 0.230. The lowest BCUT2D eigenvalue weighted by molar-refractivity contribution is 0.0398. The molecular formula is C25H36N8O. The molecule has 0 bridgehead atoms. The fraction of sp³-hybridized carbons (Fsp3) is 0.560. The maximum Gasteiger partial charge on any atom is 0.166 e. The van der Waals surface area contributed by atoms with Gasteiger partial charge in [-0.25, -0.2) is 15.0 Å². The van der Waals surface area contributed by atoms with Gasteiger partial charge in [-0.2, -0.15) is 0 Å². The largest absolute Gasteiger partial charge is 0.379 e. The topological polar surface area (TPSA) is 74.6 Å². The highest BCUT2D eigenvalue weighted by atomic mass is 16.5. The van der Waals surface area contributed by atoms with E-state index in [1.54, 1.807) is 6.33 Å². The monoisotopic (exact) mass is 464 g/mol. The number of likely N-dealkylation sites (N-methyl/N-ethyl adjacent to an activating group) is 1. The molecule has 2 aliphatic rings. The van der Waals surface area contributed by atoms with E-state index >= 15 is 0 Å². The van der Waals surface area contributed by atoms with Gasteiger partial charge in [-0.05, 0) is 45.2 Å². The summed E-state index contributed by atoms with van der Waals surface area (Å²) in [4.78, 5) is 21.4. The van der Waals surface area contributed by atoms with Crippen molar-refractivity contribution in [1.82, 2.24) is 29.3 Å². The maximum atomic E-state index is 5.45. The average molecular weight is 465 g/mol. The van der Waals surface area contributed by atoms with E-state index in [-0.39, 0.29) is 6.04 Å². The zero-order valence-electron chi connectivity index (χ0n) is 20.6. The number of ether oxygens (including phenoxy) is 1. The predicted octanol–water partition coefficient (Wildman–Crippen LogP) is 2.57. The van der Waals surface area contributed by atoms with Gasteiger partial charge < -0.3 is 24.4 Å². The van der Waals surface area contributed by atoms with Gasteiger partial charge in [0.05, 0.1) is 13.2 Å². The van der Waals surface area contributed by atoms with Gasteiger partial charge in [-0.1, -0.05) is 0 Å². The van der Waals surface area contributed by atoms with Crippen LogP contribution < -0.4 is 10.2 Å². The molecule has 2 aromatic heterocycles. The zero-order valence-corrected chi connectivity index (χ0v) is 20.6. The molecule has 34 heavy (non-hydrogen) atoms. The molecule has 0 aliphatic carbocycles. The Labute approximate surface area is 201 Å². The van der Waals surface area contributed by atoms with Gasteiger partial charge in [-0.3, -0.25) is 4.90 Å². The van der Waals surface area contributed by atoms with Crippen molar-refractivity contribution in [3.05, 3.63) is 30.6 Å².